The SMILES string of the molecule is CCNC(C)C(=O)OC1CCCCC1. The summed E-state index contributed by atoms with van der Waals surface area (Å²) < 4.78 is 5.40. The van der Waals surface area contributed by atoms with Crippen LogP contribution in [0.5, 0.6) is 0 Å². The van der Waals surface area contributed by atoms with Crippen molar-refractivity contribution < 1.29 is 9.53 Å². The van der Waals surface area contributed by atoms with E-state index in [1.807, 2.05) is 13.8 Å². The second kappa shape index (κ2) is 6.02. The van der Waals surface area contributed by atoms with Crippen LogP contribution in [0.3, 0.4) is 0 Å². The standard InChI is InChI=1S/C11H21NO2/c1-3-12-9(2)11(13)14-10-7-5-4-6-8-10/h9-10,12H,3-8H2,1-2H3. The molecule has 1 N–H and O–H groups in total. The lowest BCUT2D eigenvalue weighted by Gasteiger charge is -2.23. The van der Waals surface area contributed by atoms with Crippen molar-refractivity contribution in [3.63, 3.8) is 0 Å². The molecule has 0 heterocycles. The maximum atomic E-state index is 11.5. The molecule has 0 aromatic heterocycles. The Kier molecular flexibility index (Phi) is 4.94. The molecule has 1 aliphatic carbocycles. The van der Waals surface area contributed by atoms with Crippen molar-refractivity contribution in [2.45, 2.75) is 58.1 Å². The van der Waals surface area contributed by atoms with E-state index in [9.17, 15) is 4.79 Å². The van der Waals surface area contributed by atoms with E-state index >= 15 is 0 Å². The molecule has 0 aromatic rings. The van der Waals surface area contributed by atoms with Crippen molar-refractivity contribution in [3.8, 4) is 0 Å². The van der Waals surface area contributed by atoms with Gasteiger partial charge in [-0.05, 0) is 39.2 Å². The first-order chi connectivity index (χ1) is 6.74. The summed E-state index contributed by atoms with van der Waals surface area (Å²) >= 11 is 0. The average molecular weight is 199 g/mol. The Morgan fingerprint density at radius 3 is 2.64 bits per heavy atom. The number of nitrogens with one attached hydrogen (secondary N) is 1. The third kappa shape index (κ3) is 3.66. The van der Waals surface area contributed by atoms with Crippen LogP contribution in [0.1, 0.15) is 46.0 Å². The van der Waals surface area contributed by atoms with Crippen LogP contribution in [-0.2, 0) is 9.53 Å². The van der Waals surface area contributed by atoms with Gasteiger partial charge in [0.15, 0.2) is 0 Å². The number of likely N-dealkylation sites (N-methyl/N-ethyl adjacent to an activating group) is 1. The summed E-state index contributed by atoms with van der Waals surface area (Å²) in [6.07, 6.45) is 5.96. The van der Waals surface area contributed by atoms with Crippen LogP contribution in [0, 0.1) is 0 Å². The zero-order valence-corrected chi connectivity index (χ0v) is 9.21. The lowest BCUT2D eigenvalue weighted by molar-refractivity contribution is -0.152. The lowest BCUT2D eigenvalue weighted by atomic mass is 9.98. The molecule has 1 unspecified atom stereocenters. The number of rotatable bonds is 4. The highest BCUT2D eigenvalue weighted by molar-refractivity contribution is 5.75. The minimum atomic E-state index is -0.165. The van der Waals surface area contributed by atoms with Crippen LogP contribution in [-0.4, -0.2) is 24.7 Å². The van der Waals surface area contributed by atoms with Gasteiger partial charge in [0.05, 0.1) is 0 Å². The van der Waals surface area contributed by atoms with E-state index in [1.165, 1.54) is 19.3 Å². The van der Waals surface area contributed by atoms with Gasteiger partial charge in [0, 0.05) is 0 Å². The summed E-state index contributed by atoms with van der Waals surface area (Å²) in [5.41, 5.74) is 0. The molecule has 1 aliphatic rings. The normalized spacial score (nSPS) is 20.4. The minimum Gasteiger partial charge on any atom is -0.461 e. The van der Waals surface area contributed by atoms with Crippen molar-refractivity contribution in [3.05, 3.63) is 0 Å². The molecule has 1 rings (SSSR count). The minimum absolute atomic E-state index is 0.0984. The summed E-state index contributed by atoms with van der Waals surface area (Å²) in [7, 11) is 0. The predicted octanol–water partition coefficient (Wildman–Crippen LogP) is 1.86. The number of ether oxygens (including phenoxy) is 1. The molecule has 1 saturated carbocycles. The van der Waals surface area contributed by atoms with E-state index in [2.05, 4.69) is 5.32 Å². The first-order valence-electron chi connectivity index (χ1n) is 5.68. The van der Waals surface area contributed by atoms with Gasteiger partial charge in [0.1, 0.15) is 12.1 Å². The highest BCUT2D eigenvalue weighted by atomic mass is 16.5. The molecule has 0 aromatic carbocycles. The highest BCUT2D eigenvalue weighted by Crippen LogP contribution is 2.20. The summed E-state index contributed by atoms with van der Waals surface area (Å²) in [5.74, 6) is -0.0984. The van der Waals surface area contributed by atoms with Crippen LogP contribution in [0.2, 0.25) is 0 Å². The summed E-state index contributed by atoms with van der Waals surface area (Å²) in [6.45, 7) is 4.65. The Hall–Kier alpha value is -0.570. The zero-order valence-electron chi connectivity index (χ0n) is 9.21. The van der Waals surface area contributed by atoms with Gasteiger partial charge in [-0.1, -0.05) is 13.3 Å². The van der Waals surface area contributed by atoms with Crippen LogP contribution in [0.4, 0.5) is 0 Å². The molecule has 1 fully saturated rings. The van der Waals surface area contributed by atoms with Crippen LogP contribution < -0.4 is 5.32 Å². The zero-order chi connectivity index (χ0) is 10.4. The smallest absolute Gasteiger partial charge is 0.323 e. The second-order valence-electron chi connectivity index (χ2n) is 3.98. The third-order valence-electron chi connectivity index (χ3n) is 2.70. The molecule has 0 radical (unpaired) electrons. The molecule has 0 saturated heterocycles. The van der Waals surface area contributed by atoms with Gasteiger partial charge in [-0.3, -0.25) is 4.79 Å². The van der Waals surface area contributed by atoms with E-state index < -0.39 is 0 Å². The molecule has 0 bridgehead atoms. The van der Waals surface area contributed by atoms with Gasteiger partial charge >= 0.3 is 5.97 Å². The Labute approximate surface area is 86.2 Å². The molecular weight excluding hydrogens is 178 g/mol. The second-order valence-corrected chi connectivity index (χ2v) is 3.98. The van der Waals surface area contributed by atoms with Gasteiger partial charge in [0.2, 0.25) is 0 Å². The molecule has 3 heteroatoms. The average Bonchev–Trinajstić information content (AvgIpc) is 2.19. The van der Waals surface area contributed by atoms with E-state index in [0.29, 0.717) is 0 Å². The lowest BCUT2D eigenvalue weighted by Crippen LogP contribution is -2.37. The largest absolute Gasteiger partial charge is 0.461 e. The van der Waals surface area contributed by atoms with E-state index in [-0.39, 0.29) is 18.1 Å². The van der Waals surface area contributed by atoms with Crippen molar-refractivity contribution in [2.75, 3.05) is 6.54 Å². The van der Waals surface area contributed by atoms with Crippen LogP contribution in [0.25, 0.3) is 0 Å². The molecule has 3 nitrogen and oxygen atoms in total. The molecule has 0 aliphatic heterocycles. The maximum Gasteiger partial charge on any atom is 0.323 e. The van der Waals surface area contributed by atoms with Crippen LogP contribution in [0.15, 0.2) is 0 Å². The number of carbonyl (C=O) groups is 1. The molecule has 1 atom stereocenters. The molecular formula is C11H21NO2. The van der Waals surface area contributed by atoms with E-state index in [0.717, 1.165) is 19.4 Å². The Balaban J connectivity index is 2.24. The molecule has 0 spiro atoms. The number of esters is 1. The summed E-state index contributed by atoms with van der Waals surface area (Å²) in [6, 6.07) is -0.165. The fourth-order valence-corrected chi connectivity index (χ4v) is 1.84. The fourth-order valence-electron chi connectivity index (χ4n) is 1.84. The summed E-state index contributed by atoms with van der Waals surface area (Å²) in [5, 5.41) is 3.06. The maximum absolute atomic E-state index is 11.5. The molecule has 0 amide bonds. The van der Waals surface area contributed by atoms with Crippen molar-refractivity contribution in [1.29, 1.82) is 0 Å². The fraction of sp³-hybridized carbons (Fsp3) is 0.909. The first kappa shape index (κ1) is 11.5. The van der Waals surface area contributed by atoms with Crippen molar-refractivity contribution >= 4 is 5.97 Å². The Bertz CT molecular complexity index is 176. The monoisotopic (exact) mass is 199 g/mol. The van der Waals surface area contributed by atoms with Crippen molar-refractivity contribution in [2.24, 2.45) is 0 Å². The summed E-state index contributed by atoms with van der Waals surface area (Å²) in [4.78, 5) is 11.5. The number of hydrogen-bond acceptors (Lipinski definition) is 3. The first-order valence-corrected chi connectivity index (χ1v) is 5.68. The molecule has 14 heavy (non-hydrogen) atoms. The predicted molar refractivity (Wildman–Crippen MR) is 56.1 cm³/mol. The van der Waals surface area contributed by atoms with Gasteiger partial charge in [-0.2, -0.15) is 0 Å². The molecule has 82 valence electrons. The number of hydrogen-bond donors (Lipinski definition) is 1. The Morgan fingerprint density at radius 1 is 1.43 bits per heavy atom. The van der Waals surface area contributed by atoms with Crippen LogP contribution >= 0.6 is 0 Å². The van der Waals surface area contributed by atoms with Gasteiger partial charge in [-0.25, -0.2) is 0 Å². The van der Waals surface area contributed by atoms with Crippen molar-refractivity contribution in [1.82, 2.24) is 5.32 Å². The third-order valence-corrected chi connectivity index (χ3v) is 2.70. The van der Waals surface area contributed by atoms with Gasteiger partial charge in [0.25, 0.3) is 0 Å². The Morgan fingerprint density at radius 2 is 2.07 bits per heavy atom. The van der Waals surface area contributed by atoms with Gasteiger partial charge in [-0.15, -0.1) is 0 Å². The topological polar surface area (TPSA) is 38.3 Å². The highest BCUT2D eigenvalue weighted by Gasteiger charge is 2.20. The van der Waals surface area contributed by atoms with Gasteiger partial charge < -0.3 is 10.1 Å². The quantitative estimate of drug-likeness (QED) is 0.702. The van der Waals surface area contributed by atoms with E-state index in [1.54, 1.807) is 0 Å². The number of carbonyl (C=O) groups excluding carboxylic acids is 1. The van der Waals surface area contributed by atoms with E-state index in [4.69, 9.17) is 4.74 Å².